The molecule has 0 saturated carbocycles. The molecule has 0 bridgehead atoms. The predicted octanol–water partition coefficient (Wildman–Crippen LogP) is 2.63. The van der Waals surface area contributed by atoms with Crippen molar-refractivity contribution in [2.45, 2.75) is 9.92 Å². The summed E-state index contributed by atoms with van der Waals surface area (Å²) in [5.74, 6) is 0.189. The Morgan fingerprint density at radius 1 is 1.35 bits per heavy atom. The van der Waals surface area contributed by atoms with Gasteiger partial charge in [0.2, 0.25) is 5.82 Å². The maximum absolute atomic E-state index is 11.0. The van der Waals surface area contributed by atoms with E-state index >= 15 is 0 Å². The van der Waals surface area contributed by atoms with Gasteiger partial charge >= 0.3 is 5.69 Å². The van der Waals surface area contributed by atoms with Crippen molar-refractivity contribution in [3.63, 3.8) is 0 Å². The average molecular weight is 366 g/mol. The molecule has 0 aliphatic heterocycles. The summed E-state index contributed by atoms with van der Waals surface area (Å²) >= 11 is 1.20. The van der Waals surface area contributed by atoms with E-state index in [-0.39, 0.29) is 17.1 Å². The fourth-order valence-corrected chi connectivity index (χ4v) is 2.77. The summed E-state index contributed by atoms with van der Waals surface area (Å²) in [6.07, 6.45) is 2.98. The van der Waals surface area contributed by atoms with Gasteiger partial charge in [-0.2, -0.15) is 10.5 Å². The van der Waals surface area contributed by atoms with Gasteiger partial charge in [0.1, 0.15) is 11.6 Å². The molecule has 3 aromatic rings. The molecule has 128 valence electrons. The Labute approximate surface area is 151 Å². The van der Waals surface area contributed by atoms with E-state index in [1.165, 1.54) is 36.3 Å². The zero-order chi connectivity index (χ0) is 18.4. The number of aromatic amines is 1. The Morgan fingerprint density at radius 3 is 2.81 bits per heavy atom. The number of hydrogen-bond acceptors (Lipinski definition) is 9. The number of nitro groups is 1. The van der Waals surface area contributed by atoms with Gasteiger partial charge in [-0.1, -0.05) is 11.8 Å². The lowest BCUT2D eigenvalue weighted by Crippen LogP contribution is -1.93. The van der Waals surface area contributed by atoms with Crippen molar-refractivity contribution >= 4 is 28.7 Å². The molecule has 0 spiro atoms. The molecule has 26 heavy (non-hydrogen) atoms. The van der Waals surface area contributed by atoms with Crippen molar-refractivity contribution < 1.29 is 4.92 Å². The van der Waals surface area contributed by atoms with Gasteiger partial charge < -0.3 is 5.32 Å². The van der Waals surface area contributed by atoms with E-state index in [9.17, 15) is 10.1 Å². The Morgan fingerprint density at radius 2 is 2.15 bits per heavy atom. The molecule has 0 atom stereocenters. The maximum Gasteiger partial charge on any atom is 0.301 e. The summed E-state index contributed by atoms with van der Waals surface area (Å²) in [6, 6.07) is 12.0. The van der Waals surface area contributed by atoms with Crippen LogP contribution in [-0.2, 0) is 0 Å². The number of benzene rings is 1. The minimum atomic E-state index is -0.461. The van der Waals surface area contributed by atoms with Crippen LogP contribution in [0.4, 0.5) is 11.4 Å². The normalized spacial score (nSPS) is 11.0. The van der Waals surface area contributed by atoms with E-state index < -0.39 is 4.92 Å². The second-order valence-corrected chi connectivity index (χ2v) is 5.82. The maximum atomic E-state index is 11.0. The van der Waals surface area contributed by atoms with Gasteiger partial charge in [-0.05, 0) is 35.5 Å². The van der Waals surface area contributed by atoms with Crippen LogP contribution in [0.1, 0.15) is 5.82 Å². The summed E-state index contributed by atoms with van der Waals surface area (Å²) in [5.41, 5.74) is 0.906. The monoisotopic (exact) mass is 366 g/mol. The van der Waals surface area contributed by atoms with E-state index in [0.717, 1.165) is 10.6 Å². The number of tetrazole rings is 1. The van der Waals surface area contributed by atoms with Crippen LogP contribution in [0.3, 0.4) is 0 Å². The summed E-state index contributed by atoms with van der Waals surface area (Å²) in [5, 5.41) is 36.6. The van der Waals surface area contributed by atoms with Crippen molar-refractivity contribution in [3.05, 3.63) is 64.7 Å². The SMILES string of the molecule is N#CC(=CNc1ccc(Sc2ncccc2[N+](=O)[O-])cc1)c1nn[nH]n1. The molecule has 2 aromatic heterocycles. The number of nitriles is 1. The zero-order valence-corrected chi connectivity index (χ0v) is 13.8. The van der Waals surface area contributed by atoms with Crippen LogP contribution in [0.2, 0.25) is 0 Å². The minimum absolute atomic E-state index is 0.0404. The van der Waals surface area contributed by atoms with Crippen molar-refractivity contribution in [1.82, 2.24) is 25.6 Å². The summed E-state index contributed by atoms with van der Waals surface area (Å²) in [6.45, 7) is 0. The molecule has 0 unspecified atom stereocenters. The molecule has 0 radical (unpaired) electrons. The van der Waals surface area contributed by atoms with Crippen LogP contribution in [0.5, 0.6) is 0 Å². The largest absolute Gasteiger partial charge is 0.360 e. The van der Waals surface area contributed by atoms with Gasteiger partial charge in [0.05, 0.1) is 4.92 Å². The highest BCUT2D eigenvalue weighted by Crippen LogP contribution is 2.33. The molecule has 3 rings (SSSR count). The second kappa shape index (κ2) is 7.86. The number of H-pyrrole nitrogens is 1. The first-order chi connectivity index (χ1) is 12.7. The zero-order valence-electron chi connectivity index (χ0n) is 13.0. The number of pyridine rings is 1. The molecule has 0 aliphatic carbocycles. The van der Waals surface area contributed by atoms with E-state index in [4.69, 9.17) is 5.26 Å². The lowest BCUT2D eigenvalue weighted by Gasteiger charge is -2.04. The summed E-state index contributed by atoms with van der Waals surface area (Å²) < 4.78 is 0. The smallest absolute Gasteiger partial charge is 0.301 e. The van der Waals surface area contributed by atoms with E-state index in [1.807, 2.05) is 6.07 Å². The van der Waals surface area contributed by atoms with E-state index in [1.54, 1.807) is 24.3 Å². The number of allylic oxidation sites excluding steroid dienone is 1. The summed E-state index contributed by atoms with van der Waals surface area (Å²) in [4.78, 5) is 15.4. The van der Waals surface area contributed by atoms with Crippen molar-refractivity contribution in [3.8, 4) is 6.07 Å². The van der Waals surface area contributed by atoms with Crippen molar-refractivity contribution in [2.24, 2.45) is 0 Å². The van der Waals surface area contributed by atoms with Gasteiger partial charge in [0, 0.05) is 29.0 Å². The van der Waals surface area contributed by atoms with E-state index in [2.05, 4.69) is 30.9 Å². The molecule has 11 heteroatoms. The Balaban J connectivity index is 1.72. The molecule has 0 saturated heterocycles. The Bertz CT molecular complexity index is 980. The fraction of sp³-hybridized carbons (Fsp3) is 0. The number of anilines is 1. The third-order valence-corrected chi connectivity index (χ3v) is 4.12. The third kappa shape index (κ3) is 4.00. The molecule has 0 aliphatic rings. The van der Waals surface area contributed by atoms with Crippen LogP contribution in [0.25, 0.3) is 5.57 Å². The highest BCUT2D eigenvalue weighted by molar-refractivity contribution is 7.99. The molecule has 2 N–H and O–H groups in total. The van der Waals surface area contributed by atoms with Crippen molar-refractivity contribution in [1.29, 1.82) is 5.26 Å². The highest BCUT2D eigenvalue weighted by atomic mass is 32.2. The average Bonchev–Trinajstić information content (AvgIpc) is 3.18. The number of hydrogen-bond donors (Lipinski definition) is 2. The first-order valence-corrected chi connectivity index (χ1v) is 7.97. The quantitative estimate of drug-likeness (QED) is 0.381. The van der Waals surface area contributed by atoms with Crippen LogP contribution < -0.4 is 5.32 Å². The lowest BCUT2D eigenvalue weighted by molar-refractivity contribution is -0.388. The highest BCUT2D eigenvalue weighted by Gasteiger charge is 2.15. The number of nitrogens with one attached hydrogen (secondary N) is 2. The number of rotatable bonds is 6. The molecule has 0 amide bonds. The minimum Gasteiger partial charge on any atom is -0.360 e. The van der Waals surface area contributed by atoms with Gasteiger partial charge in [-0.3, -0.25) is 10.1 Å². The van der Waals surface area contributed by atoms with E-state index in [0.29, 0.717) is 5.03 Å². The topological polar surface area (TPSA) is 146 Å². The van der Waals surface area contributed by atoms with Gasteiger partial charge in [0.15, 0.2) is 5.03 Å². The summed E-state index contributed by atoms with van der Waals surface area (Å²) in [7, 11) is 0. The molecule has 1 aromatic carbocycles. The van der Waals surface area contributed by atoms with Gasteiger partial charge in [0.25, 0.3) is 0 Å². The fourth-order valence-electron chi connectivity index (χ4n) is 1.91. The van der Waals surface area contributed by atoms with Crippen LogP contribution in [-0.4, -0.2) is 30.5 Å². The van der Waals surface area contributed by atoms with Gasteiger partial charge in [-0.15, -0.1) is 10.2 Å². The van der Waals surface area contributed by atoms with Crippen LogP contribution >= 0.6 is 11.8 Å². The number of nitrogens with zero attached hydrogens (tertiary/aromatic N) is 6. The molecular formula is C15H10N8O2S. The molecule has 10 nitrogen and oxygen atoms in total. The number of aromatic nitrogens is 5. The first-order valence-electron chi connectivity index (χ1n) is 7.15. The van der Waals surface area contributed by atoms with Crippen molar-refractivity contribution in [2.75, 3.05) is 5.32 Å². The molecular weight excluding hydrogens is 356 g/mol. The molecule has 2 heterocycles. The van der Waals surface area contributed by atoms with Crippen LogP contribution in [0.15, 0.2) is 58.7 Å². The predicted molar refractivity (Wildman–Crippen MR) is 92.8 cm³/mol. The Kier molecular flexibility index (Phi) is 5.16. The van der Waals surface area contributed by atoms with Gasteiger partial charge in [-0.25, -0.2) is 4.98 Å². The first kappa shape index (κ1) is 17.1. The Hall–Kier alpha value is -3.78. The second-order valence-electron chi connectivity index (χ2n) is 4.76. The standard InChI is InChI=1S/C15H10N8O2S/c16-8-10(14-19-21-22-20-14)9-18-11-3-5-12(6-4-11)26-15-13(23(24)25)2-1-7-17-15/h1-7,9,18H,(H,19,20,21,22). The van der Waals surface area contributed by atoms with Crippen LogP contribution in [0, 0.1) is 21.4 Å². The molecule has 0 fully saturated rings. The third-order valence-electron chi connectivity index (χ3n) is 3.11. The lowest BCUT2D eigenvalue weighted by atomic mass is 10.3.